The second-order valence-electron chi connectivity index (χ2n) is 7.42. The van der Waals surface area contributed by atoms with E-state index in [1.807, 2.05) is 6.92 Å². The van der Waals surface area contributed by atoms with Crippen molar-refractivity contribution in [1.82, 2.24) is 9.88 Å². The molecule has 0 aliphatic heterocycles. The summed E-state index contributed by atoms with van der Waals surface area (Å²) in [6.45, 7) is 2.61. The Morgan fingerprint density at radius 3 is 2.76 bits per heavy atom. The SMILES string of the molecule is CCCNC(=O)c1c(NC(=O)c2cc3ccc(F)cc3n2C)sc2c1CCCC2. The molecule has 0 radical (unpaired) electrons. The summed E-state index contributed by atoms with van der Waals surface area (Å²) in [4.78, 5) is 27.0. The summed E-state index contributed by atoms with van der Waals surface area (Å²) in [5.74, 6) is -0.764. The van der Waals surface area contributed by atoms with Gasteiger partial charge < -0.3 is 15.2 Å². The summed E-state index contributed by atoms with van der Waals surface area (Å²) < 4.78 is 15.3. The number of benzene rings is 1. The fraction of sp³-hybridized carbons (Fsp3) is 0.364. The third-order valence-corrected chi connectivity index (χ3v) is 6.61. The molecule has 1 aromatic carbocycles. The van der Waals surface area contributed by atoms with Gasteiger partial charge in [0.05, 0.1) is 11.1 Å². The standard InChI is InChI=1S/C22H24FN3O2S/c1-3-10-24-21(28)19-15-6-4-5-7-18(15)29-22(19)25-20(27)17-11-13-8-9-14(23)12-16(13)26(17)2/h8-9,11-12H,3-7,10H2,1-2H3,(H,24,28)(H,25,27). The third kappa shape index (κ3) is 3.67. The summed E-state index contributed by atoms with van der Waals surface area (Å²) in [5.41, 5.74) is 2.76. The number of anilines is 1. The van der Waals surface area contributed by atoms with Crippen molar-refractivity contribution in [3.63, 3.8) is 0 Å². The maximum Gasteiger partial charge on any atom is 0.272 e. The number of aryl methyl sites for hydroxylation is 2. The van der Waals surface area contributed by atoms with Crippen LogP contribution in [0.2, 0.25) is 0 Å². The maximum absolute atomic E-state index is 13.6. The van der Waals surface area contributed by atoms with Crippen LogP contribution in [-0.2, 0) is 19.9 Å². The highest BCUT2D eigenvalue weighted by Gasteiger charge is 2.27. The highest BCUT2D eigenvalue weighted by molar-refractivity contribution is 7.17. The number of aromatic nitrogens is 1. The van der Waals surface area contributed by atoms with Crippen LogP contribution in [0.5, 0.6) is 0 Å². The first-order valence-corrected chi connectivity index (χ1v) is 10.8. The van der Waals surface area contributed by atoms with E-state index in [-0.39, 0.29) is 17.6 Å². The van der Waals surface area contributed by atoms with E-state index in [0.29, 0.717) is 28.3 Å². The molecule has 1 aliphatic rings. The molecular weight excluding hydrogens is 389 g/mol. The molecule has 0 fully saturated rings. The molecule has 29 heavy (non-hydrogen) atoms. The van der Waals surface area contributed by atoms with E-state index in [2.05, 4.69) is 10.6 Å². The topological polar surface area (TPSA) is 63.1 Å². The van der Waals surface area contributed by atoms with Gasteiger partial charge in [0.1, 0.15) is 16.5 Å². The molecule has 0 saturated heterocycles. The first kappa shape index (κ1) is 19.6. The smallest absolute Gasteiger partial charge is 0.272 e. The molecule has 0 unspecified atom stereocenters. The van der Waals surface area contributed by atoms with Crippen LogP contribution < -0.4 is 10.6 Å². The zero-order valence-corrected chi connectivity index (χ0v) is 17.4. The predicted molar refractivity (Wildman–Crippen MR) is 114 cm³/mol. The lowest BCUT2D eigenvalue weighted by atomic mass is 9.95. The minimum atomic E-state index is -0.341. The monoisotopic (exact) mass is 413 g/mol. The Balaban J connectivity index is 1.69. The number of nitrogens with one attached hydrogen (secondary N) is 2. The van der Waals surface area contributed by atoms with Crippen molar-refractivity contribution in [2.24, 2.45) is 7.05 Å². The zero-order valence-electron chi connectivity index (χ0n) is 16.6. The predicted octanol–water partition coefficient (Wildman–Crippen LogP) is 4.65. The fourth-order valence-electron chi connectivity index (χ4n) is 3.91. The fourth-order valence-corrected chi connectivity index (χ4v) is 5.19. The Bertz CT molecular complexity index is 1100. The largest absolute Gasteiger partial charge is 0.352 e. The maximum atomic E-state index is 13.6. The first-order chi connectivity index (χ1) is 14.0. The molecule has 2 aromatic heterocycles. The average molecular weight is 414 g/mol. The van der Waals surface area contributed by atoms with Gasteiger partial charge in [-0.15, -0.1) is 11.3 Å². The van der Waals surface area contributed by atoms with Gasteiger partial charge in [0, 0.05) is 23.9 Å². The van der Waals surface area contributed by atoms with Gasteiger partial charge in [0.2, 0.25) is 0 Å². The van der Waals surface area contributed by atoms with Crippen molar-refractivity contribution in [3.8, 4) is 0 Å². The van der Waals surface area contributed by atoms with Crippen molar-refractivity contribution in [2.75, 3.05) is 11.9 Å². The molecule has 1 aliphatic carbocycles. The van der Waals surface area contributed by atoms with Crippen LogP contribution in [0.25, 0.3) is 10.9 Å². The Morgan fingerprint density at radius 2 is 1.97 bits per heavy atom. The number of carbonyl (C=O) groups is 2. The number of carbonyl (C=O) groups excluding carboxylic acids is 2. The minimum Gasteiger partial charge on any atom is -0.352 e. The van der Waals surface area contributed by atoms with Gasteiger partial charge in [0.15, 0.2) is 0 Å². The van der Waals surface area contributed by atoms with Crippen molar-refractivity contribution in [2.45, 2.75) is 39.0 Å². The molecular formula is C22H24FN3O2S. The number of amides is 2. The average Bonchev–Trinajstić information content (AvgIpc) is 3.23. The van der Waals surface area contributed by atoms with Crippen molar-refractivity contribution < 1.29 is 14.0 Å². The van der Waals surface area contributed by atoms with Gasteiger partial charge in [-0.3, -0.25) is 9.59 Å². The number of halogens is 1. The molecule has 152 valence electrons. The Kier molecular flexibility index (Phi) is 5.41. The van der Waals surface area contributed by atoms with Gasteiger partial charge in [-0.2, -0.15) is 0 Å². The highest BCUT2D eigenvalue weighted by atomic mass is 32.1. The molecule has 2 heterocycles. The van der Waals surface area contributed by atoms with Crippen LogP contribution in [0.3, 0.4) is 0 Å². The highest BCUT2D eigenvalue weighted by Crippen LogP contribution is 2.38. The molecule has 0 atom stereocenters. The molecule has 0 bridgehead atoms. The normalized spacial score (nSPS) is 13.3. The van der Waals surface area contributed by atoms with Gasteiger partial charge in [-0.05, 0) is 61.9 Å². The van der Waals surface area contributed by atoms with Crippen LogP contribution in [-0.4, -0.2) is 22.9 Å². The number of hydrogen-bond donors (Lipinski definition) is 2. The van der Waals surface area contributed by atoms with Crippen molar-refractivity contribution in [3.05, 3.63) is 51.8 Å². The lowest BCUT2D eigenvalue weighted by Gasteiger charge is -2.13. The summed E-state index contributed by atoms with van der Waals surface area (Å²) in [7, 11) is 1.74. The second-order valence-corrected chi connectivity index (χ2v) is 8.52. The molecule has 0 saturated carbocycles. The number of rotatable bonds is 5. The van der Waals surface area contributed by atoms with Crippen LogP contribution in [0.4, 0.5) is 9.39 Å². The van der Waals surface area contributed by atoms with E-state index >= 15 is 0 Å². The van der Waals surface area contributed by atoms with Gasteiger partial charge in [-0.1, -0.05) is 6.92 Å². The Morgan fingerprint density at radius 1 is 1.17 bits per heavy atom. The quantitative estimate of drug-likeness (QED) is 0.640. The summed E-state index contributed by atoms with van der Waals surface area (Å²) >= 11 is 1.50. The molecule has 3 aromatic rings. The summed E-state index contributed by atoms with van der Waals surface area (Å²) in [6.07, 6.45) is 4.82. The first-order valence-electron chi connectivity index (χ1n) is 9.98. The van der Waals surface area contributed by atoms with E-state index in [0.717, 1.165) is 43.1 Å². The second kappa shape index (κ2) is 7.99. The van der Waals surface area contributed by atoms with E-state index < -0.39 is 0 Å². The zero-order chi connectivity index (χ0) is 20.5. The number of thiophene rings is 1. The lowest BCUT2D eigenvalue weighted by Crippen LogP contribution is -2.26. The lowest BCUT2D eigenvalue weighted by molar-refractivity contribution is 0.0954. The third-order valence-electron chi connectivity index (χ3n) is 5.40. The van der Waals surface area contributed by atoms with E-state index in [1.54, 1.807) is 23.7 Å². The Hall–Kier alpha value is -2.67. The minimum absolute atomic E-state index is 0.124. The number of nitrogens with zero attached hydrogens (tertiary/aromatic N) is 1. The van der Waals surface area contributed by atoms with Crippen LogP contribution in [0, 0.1) is 5.82 Å². The number of hydrogen-bond acceptors (Lipinski definition) is 3. The van der Waals surface area contributed by atoms with Crippen LogP contribution >= 0.6 is 11.3 Å². The molecule has 4 rings (SSSR count). The van der Waals surface area contributed by atoms with Crippen molar-refractivity contribution >= 4 is 39.1 Å². The van der Waals surface area contributed by atoms with Crippen molar-refractivity contribution in [1.29, 1.82) is 0 Å². The van der Waals surface area contributed by atoms with Gasteiger partial charge >= 0.3 is 0 Å². The molecule has 2 N–H and O–H groups in total. The molecule has 7 heteroatoms. The number of fused-ring (bicyclic) bond motifs is 2. The van der Waals surface area contributed by atoms with E-state index in [4.69, 9.17) is 0 Å². The van der Waals surface area contributed by atoms with Crippen LogP contribution in [0.1, 0.15) is 57.5 Å². The van der Waals surface area contributed by atoms with E-state index in [1.165, 1.54) is 28.3 Å². The Labute approximate surface area is 172 Å². The molecule has 0 spiro atoms. The summed E-state index contributed by atoms with van der Waals surface area (Å²) in [5, 5.41) is 7.31. The van der Waals surface area contributed by atoms with Gasteiger partial charge in [-0.25, -0.2) is 4.39 Å². The summed E-state index contributed by atoms with van der Waals surface area (Å²) in [6, 6.07) is 6.20. The van der Waals surface area contributed by atoms with E-state index in [9.17, 15) is 14.0 Å². The molecule has 5 nitrogen and oxygen atoms in total. The molecule has 2 amide bonds. The van der Waals surface area contributed by atoms with Crippen LogP contribution in [0.15, 0.2) is 24.3 Å². The van der Waals surface area contributed by atoms with Gasteiger partial charge in [0.25, 0.3) is 11.8 Å².